The van der Waals surface area contributed by atoms with Crippen molar-refractivity contribution in [2.24, 2.45) is 0 Å². The minimum absolute atomic E-state index is 0. The number of thiazole rings is 1. The van der Waals surface area contributed by atoms with Crippen LogP contribution in [-0.2, 0) is 20.1 Å². The first-order valence-corrected chi connectivity index (χ1v) is 5.30. The normalized spacial score (nSPS) is 9.94. The molecule has 4 heteroatoms. The van der Waals surface area contributed by atoms with E-state index in [1.54, 1.807) is 0 Å². The van der Waals surface area contributed by atoms with Gasteiger partial charge in [0, 0.05) is 30.3 Å². The quantitative estimate of drug-likeness (QED) is 0.543. The summed E-state index contributed by atoms with van der Waals surface area (Å²) in [5.74, 6) is 0. The molecule has 0 saturated heterocycles. The van der Waals surface area contributed by atoms with Crippen LogP contribution in [0.2, 0.25) is 0 Å². The first-order chi connectivity index (χ1) is 7.38. The molecule has 0 N–H and O–H groups in total. The predicted octanol–water partition coefficient (Wildman–Crippen LogP) is 3.12. The van der Waals surface area contributed by atoms with Gasteiger partial charge in [-0.05, 0) is 0 Å². The van der Waals surface area contributed by atoms with Crippen LogP contribution in [0.15, 0.2) is 30.3 Å². The van der Waals surface area contributed by atoms with E-state index in [0.29, 0.717) is 5.01 Å². The maximum atomic E-state index is 8.80. The van der Waals surface area contributed by atoms with Crippen LogP contribution in [0.1, 0.15) is 5.01 Å². The van der Waals surface area contributed by atoms with Crippen molar-refractivity contribution in [2.45, 2.75) is 0 Å². The number of hydrogen-bond acceptors (Lipinski definition) is 3. The zero-order valence-corrected chi connectivity index (χ0v) is 11.2. The van der Waals surface area contributed by atoms with Gasteiger partial charge in [0.05, 0.1) is 0 Å². The van der Waals surface area contributed by atoms with Gasteiger partial charge in [-0.1, -0.05) is 12.1 Å². The second kappa shape index (κ2) is 4.31. The molecule has 79 valence electrons. The smallest absolute Gasteiger partial charge is 0.185 e. The van der Waals surface area contributed by atoms with Gasteiger partial charge in [0.25, 0.3) is 0 Å². The van der Waals surface area contributed by atoms with E-state index in [9.17, 15) is 0 Å². The first-order valence-electron chi connectivity index (χ1n) is 4.48. The molecule has 0 aliphatic heterocycles. The van der Waals surface area contributed by atoms with E-state index in [4.69, 9.17) is 5.26 Å². The van der Waals surface area contributed by atoms with Crippen molar-refractivity contribution >= 4 is 32.3 Å². The number of benzene rings is 2. The van der Waals surface area contributed by atoms with E-state index >= 15 is 0 Å². The molecule has 0 saturated carbocycles. The Morgan fingerprint density at radius 1 is 1.31 bits per heavy atom. The third kappa shape index (κ3) is 1.63. The summed E-state index contributed by atoms with van der Waals surface area (Å²) >= 11 is 1.42. The average Bonchev–Trinajstić information content (AvgIpc) is 2.72. The molecular formula is C12H5IrN2S-. The summed E-state index contributed by atoms with van der Waals surface area (Å²) in [6.07, 6.45) is 0. The van der Waals surface area contributed by atoms with Crippen LogP contribution in [-0.4, -0.2) is 4.98 Å². The summed E-state index contributed by atoms with van der Waals surface area (Å²) in [7, 11) is 0. The number of fused-ring (bicyclic) bond motifs is 3. The number of aromatic nitrogens is 1. The van der Waals surface area contributed by atoms with Crippen LogP contribution in [0.3, 0.4) is 0 Å². The molecule has 0 amide bonds. The molecule has 0 aliphatic rings. The van der Waals surface area contributed by atoms with Gasteiger partial charge in [-0.3, -0.25) is 4.98 Å². The summed E-state index contributed by atoms with van der Waals surface area (Å²) in [6, 6.07) is 15.1. The van der Waals surface area contributed by atoms with E-state index in [0.717, 1.165) is 21.0 Å². The third-order valence-electron chi connectivity index (χ3n) is 2.29. The molecular weight excluding hydrogens is 396 g/mol. The molecule has 2 aromatic carbocycles. The van der Waals surface area contributed by atoms with Gasteiger partial charge in [0.15, 0.2) is 5.01 Å². The molecule has 2 nitrogen and oxygen atoms in total. The van der Waals surface area contributed by atoms with Crippen molar-refractivity contribution in [2.75, 3.05) is 0 Å². The molecule has 0 bridgehead atoms. The van der Waals surface area contributed by atoms with Gasteiger partial charge in [-0.2, -0.15) is 5.26 Å². The predicted molar refractivity (Wildman–Crippen MR) is 60.7 cm³/mol. The summed E-state index contributed by atoms with van der Waals surface area (Å²) in [5, 5.41) is 11.4. The topological polar surface area (TPSA) is 36.7 Å². The molecule has 0 unspecified atom stereocenters. The standard InChI is InChI=1S/C12H5N2S.Ir/c13-7-11-14-12-9-4-2-1-3-8(9)5-6-10(12)15-11;/h1-3,5-6H;/q-1;. The Morgan fingerprint density at radius 2 is 2.19 bits per heavy atom. The summed E-state index contributed by atoms with van der Waals surface area (Å²) in [6.45, 7) is 0. The Morgan fingerprint density at radius 3 is 3.00 bits per heavy atom. The van der Waals surface area contributed by atoms with Crippen molar-refractivity contribution in [1.29, 1.82) is 5.26 Å². The zero-order chi connectivity index (χ0) is 10.3. The minimum atomic E-state index is 0. The van der Waals surface area contributed by atoms with Crippen LogP contribution < -0.4 is 0 Å². The summed E-state index contributed by atoms with van der Waals surface area (Å²) in [4.78, 5) is 4.29. The molecule has 0 atom stereocenters. The van der Waals surface area contributed by atoms with Gasteiger partial charge in [0.1, 0.15) is 6.07 Å². The summed E-state index contributed by atoms with van der Waals surface area (Å²) < 4.78 is 1.04. The fourth-order valence-electron chi connectivity index (χ4n) is 1.63. The molecule has 0 fully saturated rings. The van der Waals surface area contributed by atoms with Crippen LogP contribution >= 0.6 is 11.3 Å². The van der Waals surface area contributed by atoms with Crippen LogP contribution in [0.25, 0.3) is 21.0 Å². The fraction of sp³-hybridized carbons (Fsp3) is 0. The van der Waals surface area contributed by atoms with Crippen LogP contribution in [0.5, 0.6) is 0 Å². The summed E-state index contributed by atoms with van der Waals surface area (Å²) in [5.41, 5.74) is 0.884. The van der Waals surface area contributed by atoms with Gasteiger partial charge < -0.3 is 0 Å². The third-order valence-corrected chi connectivity index (χ3v) is 3.21. The zero-order valence-electron chi connectivity index (χ0n) is 8.02. The molecule has 1 aromatic heterocycles. The Balaban J connectivity index is 0.000000963. The average molecular weight is 401 g/mol. The number of nitrogens with zero attached hydrogens (tertiary/aromatic N) is 2. The van der Waals surface area contributed by atoms with Crippen molar-refractivity contribution in [3.05, 3.63) is 41.4 Å². The monoisotopic (exact) mass is 402 g/mol. The second-order valence-corrected chi connectivity index (χ2v) is 4.21. The van der Waals surface area contributed by atoms with E-state index < -0.39 is 0 Å². The van der Waals surface area contributed by atoms with Crippen LogP contribution in [0.4, 0.5) is 0 Å². The van der Waals surface area contributed by atoms with Crippen molar-refractivity contribution in [1.82, 2.24) is 4.98 Å². The van der Waals surface area contributed by atoms with Gasteiger partial charge >= 0.3 is 0 Å². The molecule has 0 aliphatic carbocycles. The second-order valence-electron chi connectivity index (χ2n) is 3.18. The van der Waals surface area contributed by atoms with E-state index in [-0.39, 0.29) is 20.1 Å². The number of rotatable bonds is 0. The largest absolute Gasteiger partial charge is 0.276 e. The van der Waals surface area contributed by atoms with Crippen LogP contribution in [0, 0.1) is 17.4 Å². The molecule has 3 rings (SSSR count). The van der Waals surface area contributed by atoms with E-state index in [1.807, 2.05) is 30.3 Å². The Kier molecular flexibility index (Phi) is 3.02. The number of hydrogen-bond donors (Lipinski definition) is 0. The first kappa shape index (κ1) is 11.2. The fourth-order valence-corrected chi connectivity index (χ4v) is 2.40. The molecule has 3 aromatic rings. The maximum Gasteiger partial charge on any atom is 0.185 e. The maximum absolute atomic E-state index is 8.80. The van der Waals surface area contributed by atoms with Gasteiger partial charge in [-0.15, -0.1) is 46.4 Å². The SMILES string of the molecule is N#Cc1nc2c(ccc3ccc[c-]c32)s1.[Ir]. The van der Waals surface area contributed by atoms with Crippen molar-refractivity contribution in [3.63, 3.8) is 0 Å². The Bertz CT molecular complexity index is 697. The Hall–Kier alpha value is -1.27. The molecule has 1 radical (unpaired) electrons. The molecule has 1 heterocycles. The Labute approximate surface area is 110 Å². The van der Waals surface area contributed by atoms with Gasteiger partial charge in [0.2, 0.25) is 0 Å². The molecule has 16 heavy (non-hydrogen) atoms. The number of nitriles is 1. The van der Waals surface area contributed by atoms with Crippen molar-refractivity contribution < 1.29 is 20.1 Å². The van der Waals surface area contributed by atoms with Crippen molar-refractivity contribution in [3.8, 4) is 6.07 Å². The van der Waals surface area contributed by atoms with E-state index in [1.165, 1.54) is 11.3 Å². The molecule has 0 spiro atoms. The van der Waals surface area contributed by atoms with Gasteiger partial charge in [-0.25, -0.2) is 0 Å². The van der Waals surface area contributed by atoms with E-state index in [2.05, 4.69) is 17.1 Å². The minimum Gasteiger partial charge on any atom is -0.276 e.